The van der Waals surface area contributed by atoms with Gasteiger partial charge in [0.1, 0.15) is 4.90 Å². The lowest BCUT2D eigenvalue weighted by molar-refractivity contribution is 0.326. The van der Waals surface area contributed by atoms with Gasteiger partial charge in [0.2, 0.25) is 15.9 Å². The normalized spacial score (nSPS) is 21.1. The third-order valence-electron chi connectivity index (χ3n) is 2.77. The third kappa shape index (κ3) is 2.78. The minimum absolute atomic E-state index is 0.121. The molecule has 1 aromatic heterocycles. The number of hydrogen-bond acceptors (Lipinski definition) is 5. The SMILES string of the molecule is CCOc1ccc(S(=O)(=O)N2CCC(S)C2)cn1. The van der Waals surface area contributed by atoms with Gasteiger partial charge in [0, 0.05) is 24.4 Å². The van der Waals surface area contributed by atoms with Crippen LogP contribution in [0.5, 0.6) is 5.88 Å². The van der Waals surface area contributed by atoms with Crippen LogP contribution in [-0.4, -0.2) is 42.7 Å². The van der Waals surface area contributed by atoms with Crippen molar-refractivity contribution in [1.29, 1.82) is 0 Å². The Morgan fingerprint density at radius 2 is 2.33 bits per heavy atom. The van der Waals surface area contributed by atoms with Gasteiger partial charge in [-0.05, 0) is 19.4 Å². The van der Waals surface area contributed by atoms with Crippen molar-refractivity contribution in [2.45, 2.75) is 23.5 Å². The van der Waals surface area contributed by atoms with Crippen molar-refractivity contribution in [3.8, 4) is 5.88 Å². The van der Waals surface area contributed by atoms with E-state index in [0.29, 0.717) is 25.6 Å². The average Bonchev–Trinajstić information content (AvgIpc) is 2.78. The van der Waals surface area contributed by atoms with Gasteiger partial charge in [-0.1, -0.05) is 0 Å². The van der Waals surface area contributed by atoms with Crippen LogP contribution < -0.4 is 4.74 Å². The molecule has 5 nitrogen and oxygen atoms in total. The topological polar surface area (TPSA) is 59.5 Å². The summed E-state index contributed by atoms with van der Waals surface area (Å²) < 4.78 is 31.2. The van der Waals surface area contributed by atoms with E-state index in [-0.39, 0.29) is 10.1 Å². The summed E-state index contributed by atoms with van der Waals surface area (Å²) in [4.78, 5) is 4.18. The zero-order chi connectivity index (χ0) is 13.2. The van der Waals surface area contributed by atoms with Gasteiger partial charge in [0.05, 0.1) is 12.8 Å². The molecule has 0 aliphatic carbocycles. The number of thiol groups is 1. The van der Waals surface area contributed by atoms with Gasteiger partial charge in [-0.2, -0.15) is 16.9 Å². The Bertz CT molecular complexity index is 502. The Balaban J connectivity index is 2.19. The number of hydrogen-bond donors (Lipinski definition) is 1. The number of nitrogens with zero attached hydrogens (tertiary/aromatic N) is 2. The Morgan fingerprint density at radius 3 is 2.83 bits per heavy atom. The molecular weight excluding hydrogens is 272 g/mol. The van der Waals surface area contributed by atoms with Crippen molar-refractivity contribution in [3.05, 3.63) is 18.3 Å². The van der Waals surface area contributed by atoms with E-state index in [1.807, 2.05) is 6.92 Å². The summed E-state index contributed by atoms with van der Waals surface area (Å²) >= 11 is 4.30. The Morgan fingerprint density at radius 1 is 1.56 bits per heavy atom. The maximum atomic E-state index is 12.3. The van der Waals surface area contributed by atoms with E-state index in [2.05, 4.69) is 17.6 Å². The molecule has 1 saturated heterocycles. The highest BCUT2D eigenvalue weighted by atomic mass is 32.2. The maximum absolute atomic E-state index is 12.3. The van der Waals surface area contributed by atoms with Crippen molar-refractivity contribution in [2.24, 2.45) is 0 Å². The minimum atomic E-state index is -3.44. The number of aromatic nitrogens is 1. The Kier molecular flexibility index (Phi) is 4.14. The van der Waals surface area contributed by atoms with Gasteiger partial charge >= 0.3 is 0 Å². The van der Waals surface area contributed by atoms with Crippen molar-refractivity contribution in [3.63, 3.8) is 0 Å². The largest absolute Gasteiger partial charge is 0.478 e. The smallest absolute Gasteiger partial charge is 0.244 e. The summed E-state index contributed by atoms with van der Waals surface area (Å²) in [5.41, 5.74) is 0. The highest BCUT2D eigenvalue weighted by Gasteiger charge is 2.31. The summed E-state index contributed by atoms with van der Waals surface area (Å²) in [6.07, 6.45) is 2.12. The molecule has 7 heteroatoms. The van der Waals surface area contributed by atoms with Gasteiger partial charge in [-0.15, -0.1) is 0 Å². The number of sulfonamides is 1. The van der Waals surface area contributed by atoms with E-state index in [0.717, 1.165) is 6.42 Å². The summed E-state index contributed by atoms with van der Waals surface area (Å²) in [7, 11) is -3.44. The second kappa shape index (κ2) is 5.46. The van der Waals surface area contributed by atoms with Crippen LogP contribution in [0.1, 0.15) is 13.3 Å². The average molecular weight is 288 g/mol. The number of ether oxygens (including phenoxy) is 1. The van der Waals surface area contributed by atoms with Gasteiger partial charge in [-0.3, -0.25) is 0 Å². The highest BCUT2D eigenvalue weighted by Crippen LogP contribution is 2.23. The fourth-order valence-corrected chi connectivity index (χ4v) is 3.70. The molecule has 1 aliphatic heterocycles. The molecule has 0 radical (unpaired) electrons. The number of rotatable bonds is 4. The van der Waals surface area contributed by atoms with Crippen LogP contribution in [0.4, 0.5) is 0 Å². The van der Waals surface area contributed by atoms with Crippen molar-refractivity contribution >= 4 is 22.7 Å². The first kappa shape index (κ1) is 13.6. The van der Waals surface area contributed by atoms with Crippen LogP contribution in [0.2, 0.25) is 0 Å². The van der Waals surface area contributed by atoms with Crippen LogP contribution in [0.15, 0.2) is 23.2 Å². The molecule has 1 unspecified atom stereocenters. The standard InChI is InChI=1S/C11H16N2O3S2/c1-2-16-11-4-3-10(7-12-11)18(14,15)13-6-5-9(17)8-13/h3-4,7,9,17H,2,5-6,8H2,1H3. The zero-order valence-corrected chi connectivity index (χ0v) is 11.8. The molecule has 1 aliphatic rings. The molecule has 2 rings (SSSR count). The van der Waals surface area contributed by atoms with Crippen molar-refractivity contribution in [1.82, 2.24) is 9.29 Å². The zero-order valence-electron chi connectivity index (χ0n) is 10.1. The van der Waals surface area contributed by atoms with E-state index in [9.17, 15) is 8.42 Å². The van der Waals surface area contributed by atoms with E-state index in [1.165, 1.54) is 16.6 Å². The van der Waals surface area contributed by atoms with E-state index >= 15 is 0 Å². The molecule has 100 valence electrons. The van der Waals surface area contributed by atoms with Crippen LogP contribution in [0, 0.1) is 0 Å². The van der Waals surface area contributed by atoms with E-state index in [1.54, 1.807) is 6.07 Å². The lowest BCUT2D eigenvalue weighted by Gasteiger charge is -2.15. The molecule has 1 atom stereocenters. The molecule has 0 N–H and O–H groups in total. The molecule has 2 heterocycles. The molecule has 18 heavy (non-hydrogen) atoms. The van der Waals surface area contributed by atoms with Gasteiger partial charge in [-0.25, -0.2) is 13.4 Å². The quantitative estimate of drug-likeness (QED) is 0.845. The fourth-order valence-electron chi connectivity index (χ4n) is 1.83. The summed E-state index contributed by atoms with van der Waals surface area (Å²) in [5.74, 6) is 0.435. The van der Waals surface area contributed by atoms with E-state index in [4.69, 9.17) is 4.74 Å². The Hall–Kier alpha value is -0.790. The first-order valence-electron chi connectivity index (χ1n) is 5.81. The maximum Gasteiger partial charge on any atom is 0.244 e. The first-order valence-corrected chi connectivity index (χ1v) is 7.76. The molecule has 0 amide bonds. The van der Waals surface area contributed by atoms with Gasteiger partial charge in [0.25, 0.3) is 0 Å². The predicted octanol–water partition coefficient (Wildman–Crippen LogP) is 1.17. The molecule has 0 spiro atoms. The van der Waals surface area contributed by atoms with Crippen LogP contribution >= 0.6 is 12.6 Å². The third-order valence-corrected chi connectivity index (χ3v) is 5.04. The predicted molar refractivity (Wildman–Crippen MR) is 71.6 cm³/mol. The van der Waals surface area contributed by atoms with E-state index < -0.39 is 10.0 Å². The van der Waals surface area contributed by atoms with Crippen LogP contribution in [0.25, 0.3) is 0 Å². The highest BCUT2D eigenvalue weighted by molar-refractivity contribution is 7.89. The molecular formula is C11H16N2O3S2. The molecule has 0 saturated carbocycles. The molecule has 1 fully saturated rings. The summed E-state index contributed by atoms with van der Waals surface area (Å²) in [6, 6.07) is 3.10. The fraction of sp³-hybridized carbons (Fsp3) is 0.545. The first-order chi connectivity index (χ1) is 8.54. The monoisotopic (exact) mass is 288 g/mol. The lowest BCUT2D eigenvalue weighted by atomic mass is 10.4. The van der Waals surface area contributed by atoms with Crippen LogP contribution in [0.3, 0.4) is 0 Å². The second-order valence-electron chi connectivity index (χ2n) is 4.07. The molecule has 1 aromatic rings. The molecule has 0 bridgehead atoms. The minimum Gasteiger partial charge on any atom is -0.478 e. The second-order valence-corrected chi connectivity index (χ2v) is 6.74. The Labute approximate surface area is 113 Å². The van der Waals surface area contributed by atoms with Crippen molar-refractivity contribution in [2.75, 3.05) is 19.7 Å². The van der Waals surface area contributed by atoms with Crippen molar-refractivity contribution < 1.29 is 13.2 Å². The van der Waals surface area contributed by atoms with Gasteiger partial charge in [0.15, 0.2) is 0 Å². The number of pyridine rings is 1. The molecule has 0 aromatic carbocycles. The van der Waals surface area contributed by atoms with Crippen LogP contribution in [-0.2, 0) is 10.0 Å². The van der Waals surface area contributed by atoms with Gasteiger partial charge < -0.3 is 4.74 Å². The summed E-state index contributed by atoms with van der Waals surface area (Å²) in [5, 5.41) is 0.121. The lowest BCUT2D eigenvalue weighted by Crippen LogP contribution is -2.29. The summed E-state index contributed by atoms with van der Waals surface area (Å²) in [6.45, 7) is 3.33.